The van der Waals surface area contributed by atoms with E-state index in [1.165, 1.54) is 11.1 Å². The van der Waals surface area contributed by atoms with Gasteiger partial charge in [0.05, 0.1) is 0 Å². The molecule has 0 unspecified atom stereocenters. The Balaban J connectivity index is 1.64. The van der Waals surface area contributed by atoms with Crippen LogP contribution < -0.4 is 10.4 Å². The van der Waals surface area contributed by atoms with Gasteiger partial charge in [0.25, 0.3) is 0 Å². The molecule has 27 heavy (non-hydrogen) atoms. The molecule has 0 aromatic heterocycles. The molecule has 1 aliphatic rings. The Bertz CT molecular complexity index is 705. The normalized spacial score (nSPS) is 19.6. The van der Waals surface area contributed by atoms with E-state index in [9.17, 15) is 14.7 Å². The maximum Gasteiger partial charge on any atom is 0.223 e. The molecule has 0 spiro atoms. The van der Waals surface area contributed by atoms with Crippen molar-refractivity contribution in [2.45, 2.75) is 38.0 Å². The average molecular weight is 364 g/mol. The van der Waals surface area contributed by atoms with Crippen molar-refractivity contribution in [2.24, 2.45) is 11.8 Å². The highest BCUT2D eigenvalue weighted by atomic mass is 16.4. The zero-order chi connectivity index (χ0) is 19.1. The van der Waals surface area contributed by atoms with Gasteiger partial charge in [0.2, 0.25) is 5.91 Å². The minimum atomic E-state index is -1.10. The van der Waals surface area contributed by atoms with Gasteiger partial charge in [-0.3, -0.25) is 4.79 Å². The molecule has 0 saturated heterocycles. The van der Waals surface area contributed by atoms with E-state index < -0.39 is 17.8 Å². The molecule has 2 aromatic carbocycles. The lowest BCUT2D eigenvalue weighted by Gasteiger charge is -2.31. The number of hydrogen-bond donors (Lipinski definition) is 1. The van der Waals surface area contributed by atoms with Gasteiger partial charge >= 0.3 is 0 Å². The lowest BCUT2D eigenvalue weighted by molar-refractivity contribution is -0.314. The standard InChI is InChI=1S/C23H27NO3/c25-22(20-13-7-8-14-21(20)23(26)27)24-16-15-19(17-9-3-1-4-10-17)18-11-5-2-6-12-18/h1-6,9-12,19-21H,7-8,13-16H2,(H,24,25)(H,26,27)/p-1/t20-,21+/m1/s1. The summed E-state index contributed by atoms with van der Waals surface area (Å²) in [6.45, 7) is 0.517. The highest BCUT2D eigenvalue weighted by Gasteiger charge is 2.31. The molecule has 2 aromatic rings. The number of carboxylic acid groups (broad SMARTS) is 1. The topological polar surface area (TPSA) is 69.2 Å². The summed E-state index contributed by atoms with van der Waals surface area (Å²) in [5.74, 6) is -2.17. The van der Waals surface area contributed by atoms with Crippen LogP contribution in [0.1, 0.15) is 49.1 Å². The number of carbonyl (C=O) groups is 2. The predicted molar refractivity (Wildman–Crippen MR) is 103 cm³/mol. The third-order valence-corrected chi connectivity index (χ3v) is 5.54. The van der Waals surface area contributed by atoms with Gasteiger partial charge in [-0.05, 0) is 30.4 Å². The molecule has 2 atom stereocenters. The minimum absolute atomic E-state index is 0.149. The highest BCUT2D eigenvalue weighted by molar-refractivity contribution is 5.84. The second-order valence-corrected chi connectivity index (χ2v) is 7.27. The fourth-order valence-corrected chi connectivity index (χ4v) is 4.09. The summed E-state index contributed by atoms with van der Waals surface area (Å²) in [5, 5.41) is 14.3. The lowest BCUT2D eigenvalue weighted by atomic mass is 9.78. The molecule has 1 saturated carbocycles. The van der Waals surface area contributed by atoms with Crippen molar-refractivity contribution in [3.63, 3.8) is 0 Å². The molecule has 1 N–H and O–H groups in total. The SMILES string of the molecule is O=C([O-])[C@H]1CCCC[C@H]1C(=O)NCCC(c1ccccc1)c1ccccc1. The predicted octanol–water partition coefficient (Wildman–Crippen LogP) is 2.88. The van der Waals surface area contributed by atoms with Crippen LogP contribution in [-0.4, -0.2) is 18.4 Å². The van der Waals surface area contributed by atoms with Gasteiger partial charge in [-0.1, -0.05) is 73.5 Å². The van der Waals surface area contributed by atoms with Crippen LogP contribution in [0.15, 0.2) is 60.7 Å². The van der Waals surface area contributed by atoms with Crippen LogP contribution >= 0.6 is 0 Å². The van der Waals surface area contributed by atoms with Crippen LogP contribution in [0.2, 0.25) is 0 Å². The molecule has 4 heteroatoms. The fourth-order valence-electron chi connectivity index (χ4n) is 4.09. The Hall–Kier alpha value is -2.62. The van der Waals surface area contributed by atoms with Crippen LogP contribution in [-0.2, 0) is 9.59 Å². The number of carboxylic acids is 1. The summed E-state index contributed by atoms with van der Waals surface area (Å²) < 4.78 is 0. The summed E-state index contributed by atoms with van der Waals surface area (Å²) in [7, 11) is 0. The van der Waals surface area contributed by atoms with Crippen molar-refractivity contribution in [3.05, 3.63) is 71.8 Å². The Labute approximate surface area is 160 Å². The zero-order valence-electron chi connectivity index (χ0n) is 15.5. The number of carbonyl (C=O) groups excluding carboxylic acids is 2. The summed E-state index contributed by atoms with van der Waals surface area (Å²) in [4.78, 5) is 23.9. The van der Waals surface area contributed by atoms with Crippen LogP contribution in [0, 0.1) is 11.8 Å². The Morgan fingerprint density at radius 3 is 1.93 bits per heavy atom. The van der Waals surface area contributed by atoms with Gasteiger partial charge in [-0.15, -0.1) is 0 Å². The van der Waals surface area contributed by atoms with Gasteiger partial charge in [0.15, 0.2) is 0 Å². The summed E-state index contributed by atoms with van der Waals surface area (Å²) in [5.41, 5.74) is 2.42. The molecule has 3 rings (SSSR count). The van der Waals surface area contributed by atoms with E-state index in [1.54, 1.807) is 0 Å². The van der Waals surface area contributed by atoms with Gasteiger partial charge in [0, 0.05) is 30.3 Å². The van der Waals surface area contributed by atoms with E-state index in [0.29, 0.717) is 19.4 Å². The van der Waals surface area contributed by atoms with Gasteiger partial charge in [-0.2, -0.15) is 0 Å². The first kappa shape index (κ1) is 19.2. The van der Waals surface area contributed by atoms with Crippen molar-refractivity contribution in [3.8, 4) is 0 Å². The Morgan fingerprint density at radius 2 is 1.41 bits per heavy atom. The highest BCUT2D eigenvalue weighted by Crippen LogP contribution is 2.30. The van der Waals surface area contributed by atoms with Crippen molar-refractivity contribution in [2.75, 3.05) is 6.54 Å². The van der Waals surface area contributed by atoms with Gasteiger partial charge in [0.1, 0.15) is 0 Å². The number of nitrogens with one attached hydrogen (secondary N) is 1. The number of aliphatic carboxylic acids is 1. The summed E-state index contributed by atoms with van der Waals surface area (Å²) in [6, 6.07) is 20.5. The Morgan fingerprint density at radius 1 is 0.889 bits per heavy atom. The van der Waals surface area contributed by atoms with Gasteiger partial charge in [-0.25, -0.2) is 0 Å². The van der Waals surface area contributed by atoms with E-state index in [4.69, 9.17) is 0 Å². The molecule has 0 bridgehead atoms. The monoisotopic (exact) mass is 364 g/mol. The quantitative estimate of drug-likeness (QED) is 0.821. The average Bonchev–Trinajstić information content (AvgIpc) is 2.72. The largest absolute Gasteiger partial charge is 0.550 e. The molecule has 142 valence electrons. The van der Waals surface area contributed by atoms with Crippen LogP contribution in [0.4, 0.5) is 0 Å². The number of rotatable bonds is 7. The van der Waals surface area contributed by atoms with E-state index in [1.807, 2.05) is 36.4 Å². The lowest BCUT2D eigenvalue weighted by Crippen LogP contribution is -2.44. The van der Waals surface area contributed by atoms with E-state index >= 15 is 0 Å². The zero-order valence-corrected chi connectivity index (χ0v) is 15.5. The smallest absolute Gasteiger partial charge is 0.223 e. The van der Waals surface area contributed by atoms with Crippen LogP contribution in [0.25, 0.3) is 0 Å². The maximum absolute atomic E-state index is 12.6. The summed E-state index contributed by atoms with van der Waals surface area (Å²) >= 11 is 0. The second kappa shape index (κ2) is 9.36. The molecular formula is C23H26NO3-. The van der Waals surface area contributed by atoms with Crippen molar-refractivity contribution < 1.29 is 14.7 Å². The first-order chi connectivity index (χ1) is 13.2. The fraction of sp³-hybridized carbons (Fsp3) is 0.391. The third-order valence-electron chi connectivity index (χ3n) is 5.54. The van der Waals surface area contributed by atoms with E-state index in [-0.39, 0.29) is 11.8 Å². The second-order valence-electron chi connectivity index (χ2n) is 7.27. The Kier molecular flexibility index (Phi) is 6.64. The first-order valence-corrected chi connectivity index (χ1v) is 9.75. The van der Waals surface area contributed by atoms with E-state index in [0.717, 1.165) is 19.3 Å². The molecule has 0 aliphatic heterocycles. The van der Waals surface area contributed by atoms with Gasteiger partial charge < -0.3 is 15.2 Å². The van der Waals surface area contributed by atoms with E-state index in [2.05, 4.69) is 29.6 Å². The maximum atomic E-state index is 12.6. The third kappa shape index (κ3) is 4.97. The van der Waals surface area contributed by atoms with Crippen LogP contribution in [0.3, 0.4) is 0 Å². The molecule has 1 aliphatic carbocycles. The molecule has 1 fully saturated rings. The molecule has 0 heterocycles. The number of hydrogen-bond acceptors (Lipinski definition) is 3. The van der Waals surface area contributed by atoms with Crippen molar-refractivity contribution >= 4 is 11.9 Å². The van der Waals surface area contributed by atoms with Crippen molar-refractivity contribution in [1.82, 2.24) is 5.32 Å². The minimum Gasteiger partial charge on any atom is -0.550 e. The number of amides is 1. The molecule has 0 radical (unpaired) electrons. The number of benzene rings is 2. The first-order valence-electron chi connectivity index (χ1n) is 9.75. The molecule has 4 nitrogen and oxygen atoms in total. The van der Waals surface area contributed by atoms with Crippen molar-refractivity contribution in [1.29, 1.82) is 0 Å². The van der Waals surface area contributed by atoms with Crippen LogP contribution in [0.5, 0.6) is 0 Å². The molecular weight excluding hydrogens is 338 g/mol. The molecule has 1 amide bonds. The summed E-state index contributed by atoms with van der Waals surface area (Å²) in [6.07, 6.45) is 3.69.